The minimum Gasteiger partial charge on any atom is -0.360 e. The third-order valence-corrected chi connectivity index (χ3v) is 10.9. The van der Waals surface area contributed by atoms with Crippen molar-refractivity contribution in [3.8, 4) is 22.5 Å². The predicted octanol–water partition coefficient (Wildman–Crippen LogP) is 12.5. The highest BCUT2D eigenvalue weighted by molar-refractivity contribution is 6.17. The van der Waals surface area contributed by atoms with Gasteiger partial charge in [0.15, 0.2) is 0 Å². The zero-order valence-corrected chi connectivity index (χ0v) is 29.4. The highest BCUT2D eigenvalue weighted by Crippen LogP contribution is 2.39. The van der Waals surface area contributed by atoms with Crippen molar-refractivity contribution in [2.24, 2.45) is 4.99 Å². The molecule has 54 heavy (non-hydrogen) atoms. The van der Waals surface area contributed by atoms with E-state index in [9.17, 15) is 0 Å². The van der Waals surface area contributed by atoms with Crippen LogP contribution in [0.1, 0.15) is 22.9 Å². The molecule has 0 spiro atoms. The maximum Gasteiger partial charge on any atom is 0.145 e. The van der Waals surface area contributed by atoms with E-state index < -0.39 is 0 Å². The van der Waals surface area contributed by atoms with Gasteiger partial charge in [-0.15, -0.1) is 0 Å². The largest absolute Gasteiger partial charge is 0.360 e. The first kappa shape index (κ1) is 30.5. The third-order valence-electron chi connectivity index (χ3n) is 10.9. The first-order chi connectivity index (χ1) is 26.8. The summed E-state index contributed by atoms with van der Waals surface area (Å²) in [4.78, 5) is 5.31. The molecular weight excluding hydrogens is 657 g/mol. The fourth-order valence-electron chi connectivity index (χ4n) is 8.45. The summed E-state index contributed by atoms with van der Waals surface area (Å²) in [5, 5.41) is 8.69. The highest BCUT2D eigenvalue weighted by Gasteiger charge is 2.23. The van der Waals surface area contributed by atoms with E-state index in [4.69, 9.17) is 4.99 Å². The molecule has 4 nitrogen and oxygen atoms in total. The monoisotopic (exact) mass is 690 g/mol. The molecule has 10 aromatic rings. The van der Waals surface area contributed by atoms with Crippen molar-refractivity contribution in [2.75, 3.05) is 5.32 Å². The van der Waals surface area contributed by atoms with E-state index in [1.165, 1.54) is 60.4 Å². The molecule has 0 saturated carbocycles. The van der Waals surface area contributed by atoms with E-state index in [1.807, 2.05) is 0 Å². The van der Waals surface area contributed by atoms with Gasteiger partial charge in [-0.25, -0.2) is 0 Å². The molecule has 1 atom stereocenters. The minimum atomic E-state index is -0.225. The Hall–Kier alpha value is -7.17. The quantitative estimate of drug-likeness (QED) is 0.192. The summed E-state index contributed by atoms with van der Waals surface area (Å²) in [6, 6.07) is 69.7. The Morgan fingerprint density at radius 1 is 0.389 bits per heavy atom. The molecule has 0 aliphatic carbocycles. The lowest BCUT2D eigenvalue weighted by Crippen LogP contribution is -2.20. The second-order valence-electron chi connectivity index (χ2n) is 14.0. The summed E-state index contributed by atoms with van der Waals surface area (Å²) < 4.78 is 4.77. The molecule has 4 heteroatoms. The number of aliphatic imine (C=N–C) groups is 1. The Balaban J connectivity index is 1.03. The Morgan fingerprint density at radius 3 is 1.61 bits per heavy atom. The fourth-order valence-corrected chi connectivity index (χ4v) is 8.45. The number of para-hydroxylation sites is 4. The van der Waals surface area contributed by atoms with Crippen LogP contribution in [0.15, 0.2) is 199 Å². The van der Waals surface area contributed by atoms with Gasteiger partial charge in [0.2, 0.25) is 0 Å². The smallest absolute Gasteiger partial charge is 0.145 e. The molecule has 11 rings (SSSR count). The van der Waals surface area contributed by atoms with Gasteiger partial charge in [-0.1, -0.05) is 127 Å². The molecule has 3 heterocycles. The normalized spacial score (nSPS) is 14.0. The molecule has 1 N–H and O–H groups in total. The number of aromatic nitrogens is 2. The van der Waals surface area contributed by atoms with Crippen molar-refractivity contribution in [1.29, 1.82) is 0 Å². The van der Waals surface area contributed by atoms with Crippen LogP contribution in [0.4, 0.5) is 5.69 Å². The Kier molecular flexibility index (Phi) is 6.89. The van der Waals surface area contributed by atoms with Crippen LogP contribution in [-0.4, -0.2) is 14.8 Å². The van der Waals surface area contributed by atoms with E-state index >= 15 is 0 Å². The van der Waals surface area contributed by atoms with Gasteiger partial charge >= 0.3 is 0 Å². The van der Waals surface area contributed by atoms with Gasteiger partial charge in [-0.05, 0) is 83.4 Å². The number of fused-ring (bicyclic) bond motifs is 7. The second-order valence-corrected chi connectivity index (χ2v) is 14.0. The number of nitrogens with zero attached hydrogens (tertiary/aromatic N) is 3. The zero-order valence-electron chi connectivity index (χ0n) is 29.4. The number of hydrogen-bond acceptors (Lipinski definition) is 2. The second kappa shape index (κ2) is 12.2. The van der Waals surface area contributed by atoms with Crippen molar-refractivity contribution in [3.63, 3.8) is 0 Å². The van der Waals surface area contributed by atoms with Crippen LogP contribution in [0, 0.1) is 0 Å². The summed E-state index contributed by atoms with van der Waals surface area (Å²) in [6.45, 7) is 0. The van der Waals surface area contributed by atoms with Crippen LogP contribution in [0.3, 0.4) is 0 Å². The molecule has 1 aliphatic heterocycles. The molecule has 1 unspecified atom stereocenters. The molecular formula is C50H34N4. The van der Waals surface area contributed by atoms with Gasteiger partial charge in [0.25, 0.3) is 0 Å². The number of nitrogens with one attached hydrogen (secondary N) is 1. The minimum absolute atomic E-state index is 0.225. The fraction of sp³-hybridized carbons (Fsp3) is 0.0200. The van der Waals surface area contributed by atoms with Crippen molar-refractivity contribution in [1.82, 2.24) is 9.13 Å². The average molecular weight is 691 g/mol. The van der Waals surface area contributed by atoms with Crippen molar-refractivity contribution in [3.05, 3.63) is 211 Å². The van der Waals surface area contributed by atoms with Crippen LogP contribution in [-0.2, 0) is 0 Å². The topological polar surface area (TPSA) is 34.2 Å². The molecule has 8 aromatic carbocycles. The standard InChI is InChI=1S/C50H34N4/c1-3-14-33(15-4-1)49-41-22-7-10-23-44(41)51-50(52-49)36-16-13-19-38(30-36)54-46-25-12-9-21-40(46)43-32-35(27-29-48(43)54)34-26-28-47-42(31-34)39-20-8-11-24-45(39)53(47)37-17-5-2-6-18-37/h1-32,50-51H. The van der Waals surface area contributed by atoms with E-state index in [-0.39, 0.29) is 6.17 Å². The molecule has 0 radical (unpaired) electrons. The van der Waals surface area contributed by atoms with Gasteiger partial charge < -0.3 is 14.5 Å². The SMILES string of the molecule is c1ccc(C2=NC(c3cccc(-n4c5ccccc5c5cc(-c6ccc7c(c6)c6ccccc6n7-c6ccccc6)ccc54)c3)Nc3ccccc32)cc1. The molecule has 1 aliphatic rings. The van der Waals surface area contributed by atoms with Gasteiger partial charge in [0.1, 0.15) is 6.17 Å². The third kappa shape index (κ3) is 4.81. The lowest BCUT2D eigenvalue weighted by Gasteiger charge is -2.26. The summed E-state index contributed by atoms with van der Waals surface area (Å²) >= 11 is 0. The Bertz CT molecular complexity index is 3080. The molecule has 0 fully saturated rings. The van der Waals surface area contributed by atoms with Gasteiger partial charge in [-0.3, -0.25) is 4.99 Å². The van der Waals surface area contributed by atoms with Crippen molar-refractivity contribution >= 4 is 55.0 Å². The molecule has 2 aromatic heterocycles. The van der Waals surface area contributed by atoms with E-state index in [1.54, 1.807) is 0 Å². The average Bonchev–Trinajstić information content (AvgIpc) is 3.76. The summed E-state index contributed by atoms with van der Waals surface area (Å²) in [6.07, 6.45) is -0.225. The molecule has 0 saturated heterocycles. The van der Waals surface area contributed by atoms with E-state index in [0.29, 0.717) is 0 Å². The van der Waals surface area contributed by atoms with E-state index in [0.717, 1.165) is 33.8 Å². The van der Waals surface area contributed by atoms with Crippen LogP contribution < -0.4 is 5.32 Å². The van der Waals surface area contributed by atoms with Crippen molar-refractivity contribution in [2.45, 2.75) is 6.17 Å². The summed E-state index contributed by atoms with van der Waals surface area (Å²) in [5.74, 6) is 0. The maximum absolute atomic E-state index is 5.31. The first-order valence-corrected chi connectivity index (χ1v) is 18.5. The van der Waals surface area contributed by atoms with Gasteiger partial charge in [0, 0.05) is 49.7 Å². The number of benzene rings is 8. The summed E-state index contributed by atoms with van der Waals surface area (Å²) in [7, 11) is 0. The number of hydrogen-bond donors (Lipinski definition) is 1. The highest BCUT2D eigenvalue weighted by atomic mass is 15.1. The number of rotatable bonds is 5. The Morgan fingerprint density at radius 2 is 0.926 bits per heavy atom. The lowest BCUT2D eigenvalue weighted by molar-refractivity contribution is 0.826. The van der Waals surface area contributed by atoms with Crippen LogP contribution in [0.25, 0.3) is 66.1 Å². The van der Waals surface area contributed by atoms with Gasteiger partial charge in [0.05, 0.1) is 27.8 Å². The van der Waals surface area contributed by atoms with E-state index in [2.05, 4.69) is 209 Å². The molecule has 0 amide bonds. The Labute approximate surface area is 312 Å². The maximum atomic E-state index is 5.31. The zero-order chi connectivity index (χ0) is 35.6. The molecule has 0 bridgehead atoms. The van der Waals surface area contributed by atoms with Crippen molar-refractivity contribution < 1.29 is 0 Å². The van der Waals surface area contributed by atoms with Crippen LogP contribution >= 0.6 is 0 Å². The predicted molar refractivity (Wildman–Crippen MR) is 225 cm³/mol. The van der Waals surface area contributed by atoms with Crippen LogP contribution in [0.5, 0.6) is 0 Å². The van der Waals surface area contributed by atoms with Gasteiger partial charge in [-0.2, -0.15) is 0 Å². The molecule has 254 valence electrons. The lowest BCUT2D eigenvalue weighted by atomic mass is 9.97. The van der Waals surface area contributed by atoms with Crippen LogP contribution in [0.2, 0.25) is 0 Å². The first-order valence-electron chi connectivity index (χ1n) is 18.5. The number of anilines is 1. The summed E-state index contributed by atoms with van der Waals surface area (Å²) in [5.41, 5.74) is 14.9.